The molecule has 0 heterocycles. The molecule has 0 spiro atoms. The van der Waals surface area contributed by atoms with Crippen LogP contribution < -0.4 is 0 Å². The number of benzene rings is 2. The van der Waals surface area contributed by atoms with E-state index in [0.29, 0.717) is 5.92 Å². The molecule has 2 aliphatic carbocycles. The topological polar surface area (TPSA) is 0 Å². The van der Waals surface area contributed by atoms with Crippen molar-refractivity contribution in [1.29, 1.82) is 0 Å². The van der Waals surface area contributed by atoms with Gasteiger partial charge in [0.1, 0.15) is 5.82 Å². The van der Waals surface area contributed by atoms with Crippen LogP contribution in [0.25, 0.3) is 10.8 Å². The Morgan fingerprint density at radius 1 is 0.967 bits per heavy atom. The summed E-state index contributed by atoms with van der Waals surface area (Å²) >= 11 is 0. The van der Waals surface area contributed by atoms with Crippen LogP contribution in [-0.2, 0) is 6.42 Å². The minimum Gasteiger partial charge on any atom is -0.207 e. The van der Waals surface area contributed by atoms with Crippen molar-refractivity contribution in [2.24, 2.45) is 17.8 Å². The zero-order chi connectivity index (χ0) is 20.9. The maximum Gasteiger partial charge on any atom is 0.127 e. The maximum atomic E-state index is 14.6. The zero-order valence-electron chi connectivity index (χ0n) is 19.0. The number of rotatable bonds is 7. The van der Waals surface area contributed by atoms with Crippen LogP contribution in [0.15, 0.2) is 42.5 Å². The first-order valence-corrected chi connectivity index (χ1v) is 12.5. The van der Waals surface area contributed by atoms with Crippen molar-refractivity contribution in [3.63, 3.8) is 0 Å². The minimum absolute atomic E-state index is 0.0433. The van der Waals surface area contributed by atoms with E-state index < -0.39 is 0 Å². The predicted molar refractivity (Wildman–Crippen MR) is 127 cm³/mol. The molecule has 0 radical (unpaired) electrons. The first kappa shape index (κ1) is 21.6. The van der Waals surface area contributed by atoms with E-state index >= 15 is 0 Å². The number of hydrogen-bond acceptors (Lipinski definition) is 0. The number of fused-ring (bicyclic) bond motifs is 2. The molecule has 30 heavy (non-hydrogen) atoms. The number of unbranched alkanes of at least 4 members (excludes halogenated alkanes) is 1. The van der Waals surface area contributed by atoms with Gasteiger partial charge < -0.3 is 0 Å². The third-order valence-electron chi connectivity index (χ3n) is 8.00. The summed E-state index contributed by atoms with van der Waals surface area (Å²) in [6.45, 7) is 4.33. The lowest BCUT2D eigenvalue weighted by Crippen LogP contribution is -2.30. The van der Waals surface area contributed by atoms with Crippen molar-refractivity contribution < 1.29 is 4.39 Å². The first-order valence-electron chi connectivity index (χ1n) is 12.5. The molecule has 4 atom stereocenters. The molecule has 0 N–H and O–H groups in total. The van der Waals surface area contributed by atoms with Crippen LogP contribution in [0.4, 0.5) is 4.39 Å². The Morgan fingerprint density at radius 2 is 1.80 bits per heavy atom. The van der Waals surface area contributed by atoms with Gasteiger partial charge in [0.25, 0.3) is 0 Å². The van der Waals surface area contributed by atoms with Crippen LogP contribution in [0, 0.1) is 23.6 Å². The molecule has 2 aromatic rings. The zero-order valence-corrected chi connectivity index (χ0v) is 19.0. The van der Waals surface area contributed by atoms with Crippen LogP contribution in [0.3, 0.4) is 0 Å². The second kappa shape index (κ2) is 10.1. The van der Waals surface area contributed by atoms with Gasteiger partial charge in [-0.25, -0.2) is 4.39 Å². The molecule has 2 aromatic carbocycles. The van der Waals surface area contributed by atoms with Crippen LogP contribution in [-0.4, -0.2) is 0 Å². The van der Waals surface area contributed by atoms with E-state index in [1.807, 2.05) is 13.0 Å². The van der Waals surface area contributed by atoms with E-state index in [0.717, 1.165) is 41.5 Å². The summed E-state index contributed by atoms with van der Waals surface area (Å²) in [6, 6.07) is 10.7. The van der Waals surface area contributed by atoms with Crippen molar-refractivity contribution in [3.05, 3.63) is 59.4 Å². The van der Waals surface area contributed by atoms with Crippen LogP contribution in [0.5, 0.6) is 0 Å². The van der Waals surface area contributed by atoms with E-state index in [2.05, 4.69) is 37.3 Å². The summed E-state index contributed by atoms with van der Waals surface area (Å²) in [4.78, 5) is 0. The Morgan fingerprint density at radius 3 is 2.63 bits per heavy atom. The van der Waals surface area contributed by atoms with Crippen molar-refractivity contribution in [2.45, 2.75) is 90.4 Å². The minimum atomic E-state index is -0.0433. The third-order valence-corrected chi connectivity index (χ3v) is 8.00. The molecule has 0 aromatic heterocycles. The van der Waals surface area contributed by atoms with Crippen molar-refractivity contribution in [3.8, 4) is 0 Å². The van der Waals surface area contributed by atoms with Gasteiger partial charge >= 0.3 is 0 Å². The molecule has 0 nitrogen and oxygen atoms in total. The highest BCUT2D eigenvalue weighted by Gasteiger charge is 2.35. The van der Waals surface area contributed by atoms with Crippen molar-refractivity contribution in [1.82, 2.24) is 0 Å². The summed E-state index contributed by atoms with van der Waals surface area (Å²) in [5.74, 6) is 3.50. The molecule has 0 amide bonds. The van der Waals surface area contributed by atoms with Crippen LogP contribution in [0.1, 0.15) is 95.1 Å². The van der Waals surface area contributed by atoms with Crippen LogP contribution >= 0.6 is 0 Å². The molecule has 0 aliphatic heterocycles. The fraction of sp³-hybridized carbons (Fsp3) is 0.586. The molecule has 0 bridgehead atoms. The predicted octanol–water partition coefficient (Wildman–Crippen LogP) is 8.98. The Kier molecular flexibility index (Phi) is 7.28. The van der Waals surface area contributed by atoms with Gasteiger partial charge in [-0.1, -0.05) is 63.0 Å². The molecule has 2 aliphatic rings. The van der Waals surface area contributed by atoms with Gasteiger partial charge in [0.05, 0.1) is 0 Å². The first-order chi connectivity index (χ1) is 14.7. The molecule has 1 heteroatoms. The highest BCUT2D eigenvalue weighted by Crippen LogP contribution is 2.48. The molecule has 2 saturated carbocycles. The average Bonchev–Trinajstić information content (AvgIpc) is 2.77. The van der Waals surface area contributed by atoms with E-state index in [4.69, 9.17) is 0 Å². The Labute approximate surface area is 183 Å². The van der Waals surface area contributed by atoms with E-state index in [1.165, 1.54) is 68.7 Å². The normalized spacial score (nSPS) is 26.9. The van der Waals surface area contributed by atoms with Gasteiger partial charge in [-0.3, -0.25) is 0 Å². The molecule has 162 valence electrons. The standard InChI is InChI=1S/C29H39F/c1-3-5-7-9-27-18-26-15-14-25(19-28(26)20-29(27)30)24-13-12-22-16-21(8-6-4-2)10-11-23(22)17-24/h3,5,14-15,18-24H,4,6-13,16-17H2,1-2H3. The quantitative estimate of drug-likeness (QED) is 0.402. The summed E-state index contributed by atoms with van der Waals surface area (Å²) in [7, 11) is 0. The number of allylic oxidation sites excluding steroid dienone is 2. The monoisotopic (exact) mass is 406 g/mol. The summed E-state index contributed by atoms with van der Waals surface area (Å²) in [5, 5.41) is 2.26. The Bertz CT molecular complexity index is 864. The molecule has 2 fully saturated rings. The number of aryl methyl sites for hydroxylation is 1. The largest absolute Gasteiger partial charge is 0.207 e. The van der Waals surface area contributed by atoms with Gasteiger partial charge in [0.2, 0.25) is 0 Å². The average molecular weight is 407 g/mol. The molecular formula is C29H39F. The lowest BCUT2D eigenvalue weighted by atomic mass is 9.63. The van der Waals surface area contributed by atoms with Gasteiger partial charge in [-0.15, -0.1) is 0 Å². The van der Waals surface area contributed by atoms with E-state index in [9.17, 15) is 4.39 Å². The summed E-state index contributed by atoms with van der Waals surface area (Å²) in [6.07, 6.45) is 18.5. The number of halogens is 1. The third kappa shape index (κ3) is 4.98. The SMILES string of the molecule is CC=CCCc1cc2ccc(C3CCC4CC(CCCC)CCC4C3)cc2cc1F. The van der Waals surface area contributed by atoms with Crippen molar-refractivity contribution in [2.75, 3.05) is 0 Å². The van der Waals surface area contributed by atoms with Crippen LogP contribution in [0.2, 0.25) is 0 Å². The highest BCUT2D eigenvalue weighted by atomic mass is 19.1. The molecular weight excluding hydrogens is 367 g/mol. The van der Waals surface area contributed by atoms with E-state index in [1.54, 1.807) is 6.07 Å². The highest BCUT2D eigenvalue weighted by molar-refractivity contribution is 5.84. The van der Waals surface area contributed by atoms with Gasteiger partial charge in [0, 0.05) is 0 Å². The van der Waals surface area contributed by atoms with Crippen molar-refractivity contribution >= 4 is 10.8 Å². The lowest BCUT2D eigenvalue weighted by Gasteiger charge is -2.42. The van der Waals surface area contributed by atoms with E-state index in [-0.39, 0.29) is 5.82 Å². The smallest absolute Gasteiger partial charge is 0.127 e. The van der Waals surface area contributed by atoms with Gasteiger partial charge in [-0.2, -0.15) is 0 Å². The second-order valence-corrected chi connectivity index (χ2v) is 10.0. The second-order valence-electron chi connectivity index (χ2n) is 10.0. The maximum absolute atomic E-state index is 14.6. The lowest BCUT2D eigenvalue weighted by molar-refractivity contribution is 0.113. The molecule has 4 rings (SSSR count). The fourth-order valence-electron chi connectivity index (χ4n) is 6.23. The molecule has 0 saturated heterocycles. The van der Waals surface area contributed by atoms with Gasteiger partial charge in [0.15, 0.2) is 0 Å². The Balaban J connectivity index is 1.43. The summed E-state index contributed by atoms with van der Waals surface area (Å²) < 4.78 is 14.6. The summed E-state index contributed by atoms with van der Waals surface area (Å²) in [5.41, 5.74) is 2.28. The van der Waals surface area contributed by atoms with Gasteiger partial charge in [-0.05, 0) is 110 Å². The Hall–Kier alpha value is -1.63. The number of hydrogen-bond donors (Lipinski definition) is 0. The fourth-order valence-corrected chi connectivity index (χ4v) is 6.23. The molecule has 4 unspecified atom stereocenters.